The van der Waals surface area contributed by atoms with Gasteiger partial charge in [-0.3, -0.25) is 0 Å². The van der Waals surface area contributed by atoms with E-state index >= 15 is 0 Å². The van der Waals surface area contributed by atoms with Crippen LogP contribution in [0.5, 0.6) is 0 Å². The maximum absolute atomic E-state index is 13.0. The first-order chi connectivity index (χ1) is 9.73. The third-order valence-electron chi connectivity index (χ3n) is 4.21. The molecular formula is C15H26N2O2S2. The van der Waals surface area contributed by atoms with E-state index in [9.17, 15) is 8.42 Å². The van der Waals surface area contributed by atoms with Gasteiger partial charge in [0.1, 0.15) is 4.90 Å². The summed E-state index contributed by atoms with van der Waals surface area (Å²) in [5.41, 5.74) is 0.868. The second kappa shape index (κ2) is 6.36. The highest BCUT2D eigenvalue weighted by Gasteiger charge is 2.37. The number of thiophene rings is 1. The normalized spacial score (nSPS) is 24.1. The van der Waals surface area contributed by atoms with Crippen molar-refractivity contribution in [3.63, 3.8) is 0 Å². The lowest BCUT2D eigenvalue weighted by Gasteiger charge is -2.18. The van der Waals surface area contributed by atoms with Crippen molar-refractivity contribution in [2.75, 3.05) is 13.1 Å². The van der Waals surface area contributed by atoms with Gasteiger partial charge in [0.25, 0.3) is 0 Å². The SMILES string of the molecule is Cc1csc(CNC(C)C)c1S(=O)(=O)N1CC(C)C(C)C1. The van der Waals surface area contributed by atoms with Crippen LogP contribution < -0.4 is 5.32 Å². The Labute approximate surface area is 132 Å². The topological polar surface area (TPSA) is 49.4 Å². The van der Waals surface area contributed by atoms with E-state index in [1.165, 1.54) is 11.3 Å². The van der Waals surface area contributed by atoms with E-state index in [4.69, 9.17) is 0 Å². The minimum Gasteiger partial charge on any atom is -0.310 e. The molecule has 2 rings (SSSR count). The number of sulfonamides is 1. The molecule has 0 aliphatic carbocycles. The lowest BCUT2D eigenvalue weighted by molar-refractivity contribution is 0.461. The zero-order chi connectivity index (χ0) is 15.8. The summed E-state index contributed by atoms with van der Waals surface area (Å²) < 4.78 is 27.6. The summed E-state index contributed by atoms with van der Waals surface area (Å²) in [6, 6.07) is 0.342. The summed E-state index contributed by atoms with van der Waals surface area (Å²) in [5, 5.41) is 5.27. The second-order valence-corrected chi connectivity index (χ2v) is 9.32. The van der Waals surface area contributed by atoms with Gasteiger partial charge >= 0.3 is 0 Å². The number of hydrogen-bond donors (Lipinski definition) is 1. The zero-order valence-corrected chi connectivity index (χ0v) is 15.1. The monoisotopic (exact) mass is 330 g/mol. The van der Waals surface area contributed by atoms with Crippen molar-refractivity contribution in [3.8, 4) is 0 Å². The zero-order valence-electron chi connectivity index (χ0n) is 13.5. The number of rotatable bonds is 5. The van der Waals surface area contributed by atoms with Crippen LogP contribution in [0.2, 0.25) is 0 Å². The van der Waals surface area contributed by atoms with Crippen molar-refractivity contribution >= 4 is 21.4 Å². The van der Waals surface area contributed by atoms with Crippen LogP contribution in [0, 0.1) is 18.8 Å². The predicted molar refractivity (Wildman–Crippen MR) is 88.1 cm³/mol. The fourth-order valence-corrected chi connectivity index (χ4v) is 6.01. The smallest absolute Gasteiger partial charge is 0.244 e. The Morgan fingerprint density at radius 1 is 1.33 bits per heavy atom. The molecule has 0 spiro atoms. The Balaban J connectivity index is 2.30. The van der Waals surface area contributed by atoms with Crippen LogP contribution in [-0.2, 0) is 16.6 Å². The molecule has 4 nitrogen and oxygen atoms in total. The van der Waals surface area contributed by atoms with Crippen LogP contribution in [0.4, 0.5) is 0 Å². The number of hydrogen-bond acceptors (Lipinski definition) is 4. The average molecular weight is 331 g/mol. The van der Waals surface area contributed by atoms with Gasteiger partial charge in [0.05, 0.1) is 0 Å². The largest absolute Gasteiger partial charge is 0.310 e. The molecule has 2 atom stereocenters. The van der Waals surface area contributed by atoms with Crippen molar-refractivity contribution in [3.05, 3.63) is 15.8 Å². The van der Waals surface area contributed by atoms with Gasteiger partial charge in [-0.2, -0.15) is 4.31 Å². The summed E-state index contributed by atoms with van der Waals surface area (Å²) >= 11 is 1.54. The molecule has 1 aromatic heterocycles. The van der Waals surface area contributed by atoms with Crippen LogP contribution >= 0.6 is 11.3 Å². The molecule has 1 aliphatic heterocycles. The van der Waals surface area contributed by atoms with E-state index < -0.39 is 10.0 Å². The quantitative estimate of drug-likeness (QED) is 0.903. The second-order valence-electron chi connectivity index (χ2n) is 6.48. The first kappa shape index (κ1) is 16.9. The third kappa shape index (κ3) is 3.50. The first-order valence-corrected chi connectivity index (χ1v) is 9.86. The van der Waals surface area contributed by atoms with E-state index in [1.54, 1.807) is 4.31 Å². The molecule has 0 saturated carbocycles. The van der Waals surface area contributed by atoms with Gasteiger partial charge in [-0.05, 0) is 29.7 Å². The summed E-state index contributed by atoms with van der Waals surface area (Å²) in [6.07, 6.45) is 0. The molecule has 1 saturated heterocycles. The number of aryl methyl sites for hydroxylation is 1. The van der Waals surface area contributed by atoms with Crippen LogP contribution in [0.3, 0.4) is 0 Å². The van der Waals surface area contributed by atoms with E-state index in [-0.39, 0.29) is 0 Å². The Morgan fingerprint density at radius 2 is 1.90 bits per heavy atom. The maximum Gasteiger partial charge on any atom is 0.244 e. The van der Waals surface area contributed by atoms with Crippen LogP contribution in [0.25, 0.3) is 0 Å². The lowest BCUT2D eigenvalue weighted by Crippen LogP contribution is -2.30. The van der Waals surface area contributed by atoms with Gasteiger partial charge in [0, 0.05) is 30.6 Å². The van der Waals surface area contributed by atoms with E-state index in [0.717, 1.165) is 10.4 Å². The van der Waals surface area contributed by atoms with Gasteiger partial charge in [-0.25, -0.2) is 8.42 Å². The molecule has 2 heterocycles. The third-order valence-corrected chi connectivity index (χ3v) is 7.51. The summed E-state index contributed by atoms with van der Waals surface area (Å²) in [6.45, 7) is 12.2. The summed E-state index contributed by atoms with van der Waals surface area (Å²) in [7, 11) is -3.37. The van der Waals surface area contributed by atoms with E-state index in [1.807, 2.05) is 12.3 Å². The van der Waals surface area contributed by atoms with E-state index in [0.29, 0.717) is 42.4 Å². The molecule has 1 aliphatic rings. The van der Waals surface area contributed by atoms with E-state index in [2.05, 4.69) is 33.0 Å². The Kier molecular flexibility index (Phi) is 5.13. The minimum atomic E-state index is -3.37. The van der Waals surface area contributed by atoms with Crippen LogP contribution in [0.15, 0.2) is 10.3 Å². The molecule has 0 radical (unpaired) electrons. The van der Waals surface area contributed by atoms with Crippen LogP contribution in [0.1, 0.15) is 38.1 Å². The highest BCUT2D eigenvalue weighted by atomic mass is 32.2. The molecule has 6 heteroatoms. The molecule has 1 N–H and O–H groups in total. The number of nitrogens with one attached hydrogen (secondary N) is 1. The Hall–Kier alpha value is -0.430. The van der Waals surface area contributed by atoms with Gasteiger partial charge in [0.2, 0.25) is 10.0 Å². The van der Waals surface area contributed by atoms with Crippen molar-refractivity contribution in [2.24, 2.45) is 11.8 Å². The molecule has 2 unspecified atom stereocenters. The van der Waals surface area contributed by atoms with Gasteiger partial charge in [-0.15, -0.1) is 11.3 Å². The molecule has 0 bridgehead atoms. The molecular weight excluding hydrogens is 304 g/mol. The van der Waals surface area contributed by atoms with Gasteiger partial charge in [0.15, 0.2) is 0 Å². The molecule has 21 heavy (non-hydrogen) atoms. The lowest BCUT2D eigenvalue weighted by atomic mass is 10.0. The molecule has 0 amide bonds. The summed E-state index contributed by atoms with van der Waals surface area (Å²) in [4.78, 5) is 1.45. The van der Waals surface area contributed by atoms with Crippen molar-refractivity contribution < 1.29 is 8.42 Å². The van der Waals surface area contributed by atoms with Crippen molar-refractivity contribution in [2.45, 2.75) is 52.1 Å². The average Bonchev–Trinajstić information content (AvgIpc) is 2.92. The highest BCUT2D eigenvalue weighted by Crippen LogP contribution is 2.33. The molecule has 120 valence electrons. The predicted octanol–water partition coefficient (Wildman–Crippen LogP) is 2.83. The molecule has 1 aromatic rings. The highest BCUT2D eigenvalue weighted by molar-refractivity contribution is 7.89. The molecule has 0 aromatic carbocycles. The van der Waals surface area contributed by atoms with Crippen molar-refractivity contribution in [1.82, 2.24) is 9.62 Å². The Bertz CT molecular complexity index is 583. The fraction of sp³-hybridized carbons (Fsp3) is 0.733. The summed E-state index contributed by atoms with van der Waals surface area (Å²) in [5.74, 6) is 0.854. The van der Waals surface area contributed by atoms with Crippen LogP contribution in [-0.4, -0.2) is 31.9 Å². The van der Waals surface area contributed by atoms with Gasteiger partial charge in [-0.1, -0.05) is 27.7 Å². The minimum absolute atomic E-state index is 0.342. The Morgan fingerprint density at radius 3 is 2.43 bits per heavy atom. The fourth-order valence-electron chi connectivity index (χ4n) is 2.65. The maximum atomic E-state index is 13.0. The standard InChI is InChI=1S/C15H26N2O2S2/c1-10(2)16-6-14-15(13(5)9-20-14)21(18,19)17-7-11(3)12(4)8-17/h9-12,16H,6-8H2,1-5H3. The molecule has 1 fully saturated rings. The number of nitrogens with zero attached hydrogens (tertiary/aromatic N) is 1. The first-order valence-electron chi connectivity index (χ1n) is 7.54. The van der Waals surface area contributed by atoms with Crippen molar-refractivity contribution in [1.29, 1.82) is 0 Å². The van der Waals surface area contributed by atoms with Gasteiger partial charge < -0.3 is 5.32 Å².